The second-order valence-electron chi connectivity index (χ2n) is 0.209. The zero-order chi connectivity index (χ0) is 3.41. The molecule has 0 aromatic carbocycles. The van der Waals surface area contributed by atoms with Gasteiger partial charge in [0.15, 0.2) is 0 Å². The van der Waals surface area contributed by atoms with Crippen LogP contribution in [0.3, 0.4) is 0 Å². The molecule has 0 radical (unpaired) electrons. The Morgan fingerprint density at radius 2 is 2.25 bits per heavy atom. The van der Waals surface area contributed by atoms with Crippen molar-refractivity contribution in [2.45, 2.75) is 0 Å². The highest BCUT2D eigenvalue weighted by atomic mass is 32.1. The van der Waals surface area contributed by atoms with Crippen molar-refractivity contribution in [2.24, 2.45) is 0 Å². The fourth-order valence-electron chi connectivity index (χ4n) is 0. The third-order valence-corrected chi connectivity index (χ3v) is 0.474. The first-order valence-electron chi connectivity index (χ1n) is 0.663. The molecule has 1 N–H and O–H groups in total. The molecule has 0 aliphatic rings. The van der Waals surface area contributed by atoms with Gasteiger partial charge in [-0.05, 0) is 0 Å². The Morgan fingerprint density at radius 3 is 2.25 bits per heavy atom. The Bertz CT molecular complexity index is 10.0. The first-order chi connectivity index (χ1) is 1.91. The van der Waals surface area contributed by atoms with Gasteiger partial charge in [-0.2, -0.15) is 0 Å². The average molecular weight is 97.1 g/mol. The lowest BCUT2D eigenvalue weighted by Gasteiger charge is -1.78. The SMILES string of the molecule is PONS. The molecule has 4 heavy (non-hydrogen) atoms. The first kappa shape index (κ1) is 4.70. The number of nitrogens with one attached hydrogen (secondary N) is 1. The van der Waals surface area contributed by atoms with Gasteiger partial charge in [0, 0.05) is 9.47 Å². The summed E-state index contributed by atoms with van der Waals surface area (Å²) in [5.74, 6) is 0. The van der Waals surface area contributed by atoms with E-state index in [1.807, 2.05) is 9.47 Å². The maximum absolute atomic E-state index is 4.07. The summed E-state index contributed by atoms with van der Waals surface area (Å²) in [4.78, 5) is 2.09. The fraction of sp³-hybridized carbons (Fsp3) is 0. The average Bonchev–Trinajstić information content (AvgIpc) is 1.37. The molecule has 0 saturated heterocycles. The van der Waals surface area contributed by atoms with Crippen LogP contribution in [0.1, 0.15) is 0 Å². The fourth-order valence-corrected chi connectivity index (χ4v) is 0. The summed E-state index contributed by atoms with van der Waals surface area (Å²) in [5.41, 5.74) is 0. The highest BCUT2D eigenvalue weighted by Crippen LogP contribution is 1.74. The molecule has 0 rings (SSSR count). The number of thiol groups is 1. The summed E-state index contributed by atoms with van der Waals surface area (Å²) >= 11 is 3.43. The lowest BCUT2D eigenvalue weighted by atomic mass is 13.5. The molecule has 1 atom stereocenters. The smallest absolute Gasteiger partial charge is 0.0269 e. The van der Waals surface area contributed by atoms with Crippen LogP contribution in [0.5, 0.6) is 0 Å². The van der Waals surface area contributed by atoms with Crippen molar-refractivity contribution < 1.29 is 4.62 Å². The molecule has 26 valence electrons. The molecule has 0 amide bonds. The van der Waals surface area contributed by atoms with Crippen LogP contribution in [0, 0.1) is 0 Å². The number of hydrogen-bond donors (Lipinski definition) is 2. The molecular weight excluding hydrogens is 93.0 g/mol. The van der Waals surface area contributed by atoms with Crippen molar-refractivity contribution in [1.82, 2.24) is 4.89 Å². The first-order valence-corrected chi connectivity index (χ1v) is 1.58. The van der Waals surface area contributed by atoms with E-state index in [0.29, 0.717) is 0 Å². The maximum Gasteiger partial charge on any atom is 0.0269 e. The van der Waals surface area contributed by atoms with Crippen LogP contribution in [-0.2, 0) is 4.62 Å². The van der Waals surface area contributed by atoms with Gasteiger partial charge in [0.05, 0.1) is 0 Å². The maximum atomic E-state index is 4.07. The van der Waals surface area contributed by atoms with E-state index in [9.17, 15) is 0 Å². The molecule has 2 nitrogen and oxygen atoms in total. The number of hydrogen-bond acceptors (Lipinski definition) is 3. The Kier molecular flexibility index (Phi) is 4.35. The zero-order valence-electron chi connectivity index (χ0n) is 1.93. The highest BCUT2D eigenvalue weighted by molar-refractivity contribution is 7.78. The molecule has 0 saturated carbocycles. The van der Waals surface area contributed by atoms with E-state index in [1.165, 1.54) is 0 Å². The summed E-state index contributed by atoms with van der Waals surface area (Å²) in [7, 11) is 1.97. The van der Waals surface area contributed by atoms with Crippen LogP contribution in [0.2, 0.25) is 0 Å². The van der Waals surface area contributed by atoms with Gasteiger partial charge in [-0.3, -0.25) is 4.62 Å². The molecule has 0 aliphatic heterocycles. The van der Waals surface area contributed by atoms with Gasteiger partial charge in [-0.1, -0.05) is 12.8 Å². The summed E-state index contributed by atoms with van der Waals surface area (Å²) in [5, 5.41) is 0. The molecule has 0 heterocycles. The quantitative estimate of drug-likeness (QED) is 0.276. The molecule has 0 aliphatic carbocycles. The van der Waals surface area contributed by atoms with Crippen molar-refractivity contribution in [3.05, 3.63) is 0 Å². The zero-order valence-corrected chi connectivity index (χ0v) is 3.98. The van der Waals surface area contributed by atoms with E-state index in [0.717, 1.165) is 0 Å². The van der Waals surface area contributed by atoms with E-state index in [4.69, 9.17) is 0 Å². The summed E-state index contributed by atoms with van der Waals surface area (Å²) in [6.45, 7) is 0. The summed E-state index contributed by atoms with van der Waals surface area (Å²) in [6, 6.07) is 0. The van der Waals surface area contributed by atoms with E-state index >= 15 is 0 Å². The second-order valence-corrected chi connectivity index (χ2v) is 0.627. The van der Waals surface area contributed by atoms with E-state index in [2.05, 4.69) is 22.3 Å². The summed E-state index contributed by atoms with van der Waals surface area (Å²) in [6.07, 6.45) is 0. The Morgan fingerprint density at radius 1 is 2.00 bits per heavy atom. The second kappa shape index (κ2) is 3.70. The van der Waals surface area contributed by atoms with Crippen LogP contribution in [0.4, 0.5) is 0 Å². The van der Waals surface area contributed by atoms with Gasteiger partial charge in [0.25, 0.3) is 0 Å². The third-order valence-electron chi connectivity index (χ3n) is 0.0527. The lowest BCUT2D eigenvalue weighted by molar-refractivity contribution is 0.342. The predicted octanol–water partition coefficient (Wildman–Crippen LogP) is 0.142. The van der Waals surface area contributed by atoms with Crippen molar-refractivity contribution in [2.75, 3.05) is 0 Å². The molecule has 0 bridgehead atoms. The Labute approximate surface area is 32.7 Å². The van der Waals surface area contributed by atoms with E-state index in [-0.39, 0.29) is 0 Å². The minimum atomic E-state index is 1.97. The molecule has 4 heteroatoms. The molecule has 0 spiro atoms. The van der Waals surface area contributed by atoms with Crippen LogP contribution >= 0.6 is 22.3 Å². The van der Waals surface area contributed by atoms with Crippen LogP contribution < -0.4 is 4.89 Å². The monoisotopic (exact) mass is 97.0 g/mol. The molecule has 0 fully saturated rings. The predicted molar refractivity (Wildman–Crippen MR) is 22.9 cm³/mol. The molecule has 1 unspecified atom stereocenters. The van der Waals surface area contributed by atoms with Gasteiger partial charge in [0.2, 0.25) is 0 Å². The molecular formula is H4NOPS. The Balaban J connectivity index is 1.97. The standard InChI is InChI=1S/H4NOPS/c3-2-1-4/h1,4H,3H2. The van der Waals surface area contributed by atoms with Gasteiger partial charge >= 0.3 is 0 Å². The van der Waals surface area contributed by atoms with Crippen molar-refractivity contribution in [3.8, 4) is 0 Å². The van der Waals surface area contributed by atoms with E-state index < -0.39 is 0 Å². The number of rotatable bonds is 1. The van der Waals surface area contributed by atoms with Gasteiger partial charge in [-0.15, -0.1) is 4.89 Å². The minimum Gasteiger partial charge on any atom is -0.276 e. The lowest BCUT2D eigenvalue weighted by Crippen LogP contribution is -1.83. The topological polar surface area (TPSA) is 21.3 Å². The minimum absolute atomic E-state index is 1.97. The summed E-state index contributed by atoms with van der Waals surface area (Å²) < 4.78 is 4.07. The molecule has 0 aromatic rings. The largest absolute Gasteiger partial charge is 0.276 e. The Hall–Kier alpha value is 0.700. The third kappa shape index (κ3) is 2.70. The van der Waals surface area contributed by atoms with Crippen molar-refractivity contribution >= 4 is 22.3 Å². The van der Waals surface area contributed by atoms with Crippen LogP contribution in [0.15, 0.2) is 0 Å². The van der Waals surface area contributed by atoms with Crippen LogP contribution in [-0.4, -0.2) is 0 Å². The van der Waals surface area contributed by atoms with Crippen molar-refractivity contribution in [3.63, 3.8) is 0 Å². The molecule has 0 aromatic heterocycles. The van der Waals surface area contributed by atoms with Crippen LogP contribution in [0.25, 0.3) is 0 Å². The van der Waals surface area contributed by atoms with E-state index in [1.54, 1.807) is 0 Å². The van der Waals surface area contributed by atoms with Crippen molar-refractivity contribution in [1.29, 1.82) is 0 Å². The highest BCUT2D eigenvalue weighted by Gasteiger charge is 1.47. The normalized spacial score (nSPS) is 7.50. The van der Waals surface area contributed by atoms with Gasteiger partial charge < -0.3 is 0 Å². The van der Waals surface area contributed by atoms with Gasteiger partial charge in [0.1, 0.15) is 0 Å². The van der Waals surface area contributed by atoms with Gasteiger partial charge in [-0.25, -0.2) is 0 Å².